The lowest BCUT2D eigenvalue weighted by Crippen LogP contribution is -2.26. The third-order valence-corrected chi connectivity index (χ3v) is 3.84. The van der Waals surface area contributed by atoms with Crippen LogP contribution in [0.1, 0.15) is 6.42 Å². The van der Waals surface area contributed by atoms with Crippen LogP contribution in [0.3, 0.4) is 0 Å². The van der Waals surface area contributed by atoms with Gasteiger partial charge in [-0.05, 0) is 24.6 Å². The van der Waals surface area contributed by atoms with Crippen molar-refractivity contribution < 1.29 is 17.6 Å². The Morgan fingerprint density at radius 2 is 2.12 bits per heavy atom. The summed E-state index contributed by atoms with van der Waals surface area (Å²) in [7, 11) is -3.79. The van der Waals surface area contributed by atoms with Crippen molar-refractivity contribution in [2.45, 2.75) is 11.3 Å². The fourth-order valence-corrected chi connectivity index (χ4v) is 2.83. The highest BCUT2D eigenvalue weighted by Crippen LogP contribution is 2.22. The summed E-state index contributed by atoms with van der Waals surface area (Å²) < 4.78 is 37.7. The van der Waals surface area contributed by atoms with Crippen LogP contribution in [-0.2, 0) is 14.9 Å². The number of hydrogen-bond donors (Lipinski definition) is 1. The number of nitrogens with two attached hydrogens (primary N) is 1. The number of hydroxylamine groups is 1. The molecular formula is C9H11FN2O3S. The number of sulfonamides is 1. The Bertz CT molecular complexity index is 477. The van der Waals surface area contributed by atoms with Gasteiger partial charge in [0.1, 0.15) is 5.82 Å². The molecule has 0 aromatic heterocycles. The van der Waals surface area contributed by atoms with Gasteiger partial charge in [0, 0.05) is 12.2 Å². The minimum Gasteiger partial charge on any atom is -0.399 e. The molecule has 0 spiro atoms. The monoisotopic (exact) mass is 246 g/mol. The standard InChI is InChI=1S/C9H11FN2O3S/c10-7-4-8(11)6-9(5-7)16(13,14)12-2-1-3-15-12/h4-6H,1-3,11H2. The Labute approximate surface area is 92.6 Å². The van der Waals surface area contributed by atoms with Crippen molar-refractivity contribution in [3.05, 3.63) is 24.0 Å². The van der Waals surface area contributed by atoms with Crippen molar-refractivity contribution in [2.75, 3.05) is 18.9 Å². The van der Waals surface area contributed by atoms with E-state index < -0.39 is 15.8 Å². The highest BCUT2D eigenvalue weighted by atomic mass is 32.2. The molecule has 1 aromatic rings. The maximum atomic E-state index is 13.0. The lowest BCUT2D eigenvalue weighted by Gasteiger charge is -2.14. The Balaban J connectivity index is 2.42. The van der Waals surface area contributed by atoms with Gasteiger partial charge in [0.2, 0.25) is 0 Å². The molecule has 0 amide bonds. The molecule has 16 heavy (non-hydrogen) atoms. The maximum Gasteiger partial charge on any atom is 0.265 e. The first-order chi connectivity index (χ1) is 7.50. The average molecular weight is 246 g/mol. The number of nitrogen functional groups attached to an aromatic ring is 1. The molecule has 1 aromatic carbocycles. The molecule has 0 saturated carbocycles. The number of rotatable bonds is 2. The molecule has 0 bridgehead atoms. The van der Waals surface area contributed by atoms with Gasteiger partial charge in [-0.3, -0.25) is 4.84 Å². The highest BCUT2D eigenvalue weighted by Gasteiger charge is 2.29. The molecule has 1 aliphatic rings. The van der Waals surface area contributed by atoms with E-state index in [9.17, 15) is 12.8 Å². The summed E-state index contributed by atoms with van der Waals surface area (Å²) in [6.07, 6.45) is 0.629. The Morgan fingerprint density at radius 3 is 2.69 bits per heavy atom. The molecule has 2 N–H and O–H groups in total. The predicted octanol–water partition coefficient (Wildman–Crippen LogP) is 0.734. The van der Waals surface area contributed by atoms with Gasteiger partial charge >= 0.3 is 0 Å². The fraction of sp³-hybridized carbons (Fsp3) is 0.333. The molecule has 0 unspecified atom stereocenters. The van der Waals surface area contributed by atoms with E-state index in [1.807, 2.05) is 0 Å². The van der Waals surface area contributed by atoms with Crippen LogP contribution in [0.5, 0.6) is 0 Å². The predicted molar refractivity (Wildman–Crippen MR) is 55.3 cm³/mol. The lowest BCUT2D eigenvalue weighted by atomic mass is 10.3. The quantitative estimate of drug-likeness (QED) is 0.781. The van der Waals surface area contributed by atoms with Crippen molar-refractivity contribution in [3.63, 3.8) is 0 Å². The van der Waals surface area contributed by atoms with E-state index in [0.717, 1.165) is 16.6 Å². The minimum absolute atomic E-state index is 0.0674. The van der Waals surface area contributed by atoms with E-state index in [1.54, 1.807) is 0 Å². The molecule has 1 saturated heterocycles. The van der Waals surface area contributed by atoms with Crippen LogP contribution in [0.15, 0.2) is 23.1 Å². The molecule has 0 radical (unpaired) electrons. The normalized spacial score (nSPS) is 17.8. The first kappa shape index (κ1) is 11.3. The summed E-state index contributed by atoms with van der Waals surface area (Å²) in [5, 5.41) is 0. The van der Waals surface area contributed by atoms with Crippen LogP contribution in [0.4, 0.5) is 10.1 Å². The van der Waals surface area contributed by atoms with Crippen LogP contribution in [0, 0.1) is 5.82 Å². The SMILES string of the molecule is Nc1cc(F)cc(S(=O)(=O)N2CCCO2)c1. The van der Waals surface area contributed by atoms with Gasteiger partial charge in [0.25, 0.3) is 10.0 Å². The van der Waals surface area contributed by atoms with Crippen LogP contribution in [0.2, 0.25) is 0 Å². The fourth-order valence-electron chi connectivity index (χ4n) is 1.47. The number of nitrogens with zero attached hydrogens (tertiary/aromatic N) is 1. The molecule has 7 heteroatoms. The second kappa shape index (κ2) is 4.00. The molecule has 5 nitrogen and oxygen atoms in total. The third kappa shape index (κ3) is 2.01. The largest absolute Gasteiger partial charge is 0.399 e. The molecular weight excluding hydrogens is 235 g/mol. The minimum atomic E-state index is -3.79. The van der Waals surface area contributed by atoms with Crippen molar-refractivity contribution in [2.24, 2.45) is 0 Å². The van der Waals surface area contributed by atoms with Crippen LogP contribution in [0.25, 0.3) is 0 Å². The second-order valence-electron chi connectivity index (χ2n) is 3.44. The maximum absolute atomic E-state index is 13.0. The summed E-state index contributed by atoms with van der Waals surface area (Å²) in [6.45, 7) is 0.628. The lowest BCUT2D eigenvalue weighted by molar-refractivity contribution is -0.0284. The highest BCUT2D eigenvalue weighted by molar-refractivity contribution is 7.89. The third-order valence-electron chi connectivity index (χ3n) is 2.18. The number of halogens is 1. The van der Waals surface area contributed by atoms with Gasteiger partial charge in [-0.15, -0.1) is 0 Å². The van der Waals surface area contributed by atoms with Crippen LogP contribution < -0.4 is 5.73 Å². The van der Waals surface area contributed by atoms with E-state index in [2.05, 4.69) is 0 Å². The molecule has 1 aliphatic heterocycles. The van der Waals surface area contributed by atoms with Crippen molar-refractivity contribution in [1.29, 1.82) is 0 Å². The topological polar surface area (TPSA) is 72.6 Å². The van der Waals surface area contributed by atoms with E-state index in [-0.39, 0.29) is 17.1 Å². The molecule has 1 heterocycles. The van der Waals surface area contributed by atoms with E-state index in [1.165, 1.54) is 6.07 Å². The summed E-state index contributed by atoms with van der Waals surface area (Å²) in [5.74, 6) is -0.683. The van der Waals surface area contributed by atoms with Gasteiger partial charge in [0.15, 0.2) is 0 Å². The zero-order valence-electron chi connectivity index (χ0n) is 8.39. The first-order valence-electron chi connectivity index (χ1n) is 4.72. The van der Waals surface area contributed by atoms with Gasteiger partial charge in [0.05, 0.1) is 11.5 Å². The zero-order valence-corrected chi connectivity index (χ0v) is 9.21. The van der Waals surface area contributed by atoms with Gasteiger partial charge in [-0.1, -0.05) is 4.47 Å². The summed E-state index contributed by atoms with van der Waals surface area (Å²) in [6, 6.07) is 3.19. The van der Waals surface area contributed by atoms with Crippen molar-refractivity contribution >= 4 is 15.7 Å². The Hall–Kier alpha value is -1.18. The van der Waals surface area contributed by atoms with Crippen LogP contribution in [-0.4, -0.2) is 26.0 Å². The van der Waals surface area contributed by atoms with Gasteiger partial charge in [-0.2, -0.15) is 0 Å². The number of anilines is 1. The van der Waals surface area contributed by atoms with E-state index in [0.29, 0.717) is 13.0 Å². The van der Waals surface area contributed by atoms with Gasteiger partial charge < -0.3 is 5.73 Å². The summed E-state index contributed by atoms with van der Waals surface area (Å²) >= 11 is 0. The zero-order chi connectivity index (χ0) is 11.8. The molecule has 0 atom stereocenters. The summed E-state index contributed by atoms with van der Waals surface area (Å²) in [5.41, 5.74) is 5.46. The number of hydrogen-bond acceptors (Lipinski definition) is 4. The molecule has 88 valence electrons. The Morgan fingerprint density at radius 1 is 1.38 bits per heavy atom. The Kier molecular flexibility index (Phi) is 2.83. The first-order valence-corrected chi connectivity index (χ1v) is 6.16. The van der Waals surface area contributed by atoms with Crippen molar-refractivity contribution in [3.8, 4) is 0 Å². The second-order valence-corrected chi connectivity index (χ2v) is 5.27. The van der Waals surface area contributed by atoms with Gasteiger partial charge in [-0.25, -0.2) is 12.8 Å². The van der Waals surface area contributed by atoms with Crippen molar-refractivity contribution in [1.82, 2.24) is 4.47 Å². The average Bonchev–Trinajstić information content (AvgIpc) is 2.69. The molecule has 1 fully saturated rings. The number of benzene rings is 1. The molecule has 0 aliphatic carbocycles. The van der Waals surface area contributed by atoms with E-state index in [4.69, 9.17) is 10.6 Å². The van der Waals surface area contributed by atoms with E-state index >= 15 is 0 Å². The van der Waals surface area contributed by atoms with Crippen LogP contribution >= 0.6 is 0 Å². The summed E-state index contributed by atoms with van der Waals surface area (Å²) in [4.78, 5) is 4.75. The smallest absolute Gasteiger partial charge is 0.265 e. The molecule has 2 rings (SSSR count).